The topological polar surface area (TPSA) is 58.4 Å². The van der Waals surface area contributed by atoms with E-state index in [0.717, 1.165) is 25.0 Å². The lowest BCUT2D eigenvalue weighted by molar-refractivity contribution is 0.0718. The van der Waals surface area contributed by atoms with Crippen molar-refractivity contribution in [3.8, 4) is 0 Å². The molecular weight excluding hydrogens is 230 g/mol. The summed E-state index contributed by atoms with van der Waals surface area (Å²) in [5.74, 6) is -0.0363. The van der Waals surface area contributed by atoms with Gasteiger partial charge in [-0.05, 0) is 13.3 Å². The van der Waals surface area contributed by atoms with E-state index in [1.54, 1.807) is 22.8 Å². The van der Waals surface area contributed by atoms with Crippen molar-refractivity contribution in [1.82, 2.24) is 14.7 Å². The lowest BCUT2D eigenvalue weighted by atomic mass is 10.2. The summed E-state index contributed by atoms with van der Waals surface area (Å²) in [6.45, 7) is 5.04. The largest absolute Gasteiger partial charge is 0.395 e. The van der Waals surface area contributed by atoms with E-state index in [9.17, 15) is 4.79 Å². The van der Waals surface area contributed by atoms with E-state index in [-0.39, 0.29) is 12.5 Å². The zero-order valence-electron chi connectivity index (χ0n) is 11.5. The zero-order valence-corrected chi connectivity index (χ0v) is 11.5. The summed E-state index contributed by atoms with van der Waals surface area (Å²) in [5, 5.41) is 13.2. The first-order valence-corrected chi connectivity index (χ1v) is 6.50. The van der Waals surface area contributed by atoms with Crippen LogP contribution in [-0.4, -0.2) is 45.4 Å². The van der Waals surface area contributed by atoms with Gasteiger partial charge in [-0.3, -0.25) is 9.48 Å². The van der Waals surface area contributed by atoms with E-state index in [1.807, 2.05) is 6.92 Å². The highest BCUT2D eigenvalue weighted by Crippen LogP contribution is 2.10. The molecule has 102 valence electrons. The summed E-state index contributed by atoms with van der Waals surface area (Å²) in [6, 6.07) is 0. The molecule has 0 radical (unpaired) electrons. The number of aliphatic hydroxyl groups excluding tert-OH is 1. The molecule has 0 aliphatic heterocycles. The molecule has 0 bridgehead atoms. The monoisotopic (exact) mass is 253 g/mol. The van der Waals surface area contributed by atoms with E-state index in [1.165, 1.54) is 0 Å². The fourth-order valence-corrected chi connectivity index (χ4v) is 1.97. The molecule has 0 spiro atoms. The van der Waals surface area contributed by atoms with Crippen LogP contribution < -0.4 is 0 Å². The Kier molecular flexibility index (Phi) is 5.85. The third kappa shape index (κ3) is 3.84. The first kappa shape index (κ1) is 14.7. The van der Waals surface area contributed by atoms with Crippen molar-refractivity contribution in [2.45, 2.75) is 33.1 Å². The SMILES string of the molecule is CCCCCN(CCO)C(=O)c1cn(C)nc1C. The quantitative estimate of drug-likeness (QED) is 0.746. The van der Waals surface area contributed by atoms with E-state index in [2.05, 4.69) is 12.0 Å². The van der Waals surface area contributed by atoms with Crippen molar-refractivity contribution in [1.29, 1.82) is 0 Å². The maximum Gasteiger partial charge on any atom is 0.257 e. The second-order valence-corrected chi connectivity index (χ2v) is 4.52. The second kappa shape index (κ2) is 7.16. The molecule has 0 unspecified atom stereocenters. The zero-order chi connectivity index (χ0) is 13.5. The minimum absolute atomic E-state index is 0.00280. The molecule has 0 saturated heterocycles. The smallest absolute Gasteiger partial charge is 0.257 e. The summed E-state index contributed by atoms with van der Waals surface area (Å²) in [6.07, 6.45) is 4.93. The molecule has 1 amide bonds. The molecule has 5 heteroatoms. The number of hydrogen-bond acceptors (Lipinski definition) is 3. The minimum Gasteiger partial charge on any atom is -0.395 e. The Morgan fingerprint density at radius 3 is 2.67 bits per heavy atom. The van der Waals surface area contributed by atoms with E-state index >= 15 is 0 Å². The number of rotatable bonds is 7. The fourth-order valence-electron chi connectivity index (χ4n) is 1.97. The Morgan fingerprint density at radius 2 is 2.17 bits per heavy atom. The van der Waals surface area contributed by atoms with Gasteiger partial charge in [0.1, 0.15) is 0 Å². The first-order chi connectivity index (χ1) is 8.60. The summed E-state index contributed by atoms with van der Waals surface area (Å²) >= 11 is 0. The van der Waals surface area contributed by atoms with Crippen molar-refractivity contribution < 1.29 is 9.90 Å². The Hall–Kier alpha value is -1.36. The van der Waals surface area contributed by atoms with Crippen molar-refractivity contribution in [2.24, 2.45) is 7.05 Å². The number of hydrogen-bond donors (Lipinski definition) is 1. The number of carbonyl (C=O) groups excluding carboxylic acids is 1. The predicted octanol–water partition coefficient (Wildman–Crippen LogP) is 1.35. The number of amides is 1. The van der Waals surface area contributed by atoms with Gasteiger partial charge in [-0.15, -0.1) is 0 Å². The molecule has 1 N–H and O–H groups in total. The van der Waals surface area contributed by atoms with Gasteiger partial charge in [0, 0.05) is 26.3 Å². The third-order valence-electron chi connectivity index (χ3n) is 2.93. The molecule has 1 heterocycles. The van der Waals surface area contributed by atoms with Crippen LogP contribution in [0.25, 0.3) is 0 Å². The molecule has 0 atom stereocenters. The predicted molar refractivity (Wildman–Crippen MR) is 70.5 cm³/mol. The average molecular weight is 253 g/mol. The van der Waals surface area contributed by atoms with Gasteiger partial charge in [-0.2, -0.15) is 5.10 Å². The maximum atomic E-state index is 12.3. The molecule has 1 aromatic heterocycles. The van der Waals surface area contributed by atoms with Crippen LogP contribution in [-0.2, 0) is 7.05 Å². The highest BCUT2D eigenvalue weighted by molar-refractivity contribution is 5.95. The number of unbranched alkanes of at least 4 members (excludes halogenated alkanes) is 2. The van der Waals surface area contributed by atoms with Gasteiger partial charge in [0.2, 0.25) is 0 Å². The summed E-state index contributed by atoms with van der Waals surface area (Å²) in [5.41, 5.74) is 1.36. The summed E-state index contributed by atoms with van der Waals surface area (Å²) in [7, 11) is 1.80. The summed E-state index contributed by atoms with van der Waals surface area (Å²) < 4.78 is 1.64. The first-order valence-electron chi connectivity index (χ1n) is 6.50. The van der Waals surface area contributed by atoms with Crippen LogP contribution in [0, 0.1) is 6.92 Å². The van der Waals surface area contributed by atoms with E-state index < -0.39 is 0 Å². The second-order valence-electron chi connectivity index (χ2n) is 4.52. The number of carbonyl (C=O) groups is 1. The molecule has 0 fully saturated rings. The van der Waals surface area contributed by atoms with Gasteiger partial charge in [0.15, 0.2) is 0 Å². The van der Waals surface area contributed by atoms with Gasteiger partial charge in [0.25, 0.3) is 5.91 Å². The van der Waals surface area contributed by atoms with Crippen molar-refractivity contribution in [3.05, 3.63) is 17.5 Å². The molecular formula is C13H23N3O2. The average Bonchev–Trinajstić information content (AvgIpc) is 2.67. The molecule has 0 aliphatic carbocycles. The number of aryl methyl sites for hydroxylation is 2. The van der Waals surface area contributed by atoms with Crippen molar-refractivity contribution in [2.75, 3.05) is 19.7 Å². The highest BCUT2D eigenvalue weighted by atomic mass is 16.3. The molecule has 0 aromatic carbocycles. The standard InChI is InChI=1S/C13H23N3O2/c1-4-5-6-7-16(8-9-17)13(18)12-10-15(3)14-11(12)2/h10,17H,4-9H2,1-3H3. The number of aromatic nitrogens is 2. The number of aliphatic hydroxyl groups is 1. The lowest BCUT2D eigenvalue weighted by Crippen LogP contribution is -2.34. The van der Waals surface area contributed by atoms with Gasteiger partial charge in [-0.25, -0.2) is 0 Å². The molecule has 5 nitrogen and oxygen atoms in total. The van der Waals surface area contributed by atoms with Gasteiger partial charge < -0.3 is 10.0 Å². The van der Waals surface area contributed by atoms with E-state index in [0.29, 0.717) is 18.7 Å². The van der Waals surface area contributed by atoms with Crippen LogP contribution in [0.2, 0.25) is 0 Å². The number of nitrogens with zero attached hydrogens (tertiary/aromatic N) is 3. The molecule has 0 saturated carbocycles. The highest BCUT2D eigenvalue weighted by Gasteiger charge is 2.19. The van der Waals surface area contributed by atoms with Crippen LogP contribution in [0.4, 0.5) is 0 Å². The van der Waals surface area contributed by atoms with Crippen molar-refractivity contribution in [3.63, 3.8) is 0 Å². The fraction of sp³-hybridized carbons (Fsp3) is 0.692. The summed E-state index contributed by atoms with van der Waals surface area (Å²) in [4.78, 5) is 14.0. The molecule has 1 rings (SSSR count). The maximum absolute atomic E-state index is 12.3. The minimum atomic E-state index is -0.0363. The van der Waals surface area contributed by atoms with Gasteiger partial charge in [0.05, 0.1) is 17.9 Å². The van der Waals surface area contributed by atoms with Crippen LogP contribution >= 0.6 is 0 Å². The van der Waals surface area contributed by atoms with E-state index in [4.69, 9.17) is 5.11 Å². The molecule has 0 aliphatic rings. The van der Waals surface area contributed by atoms with Gasteiger partial charge in [-0.1, -0.05) is 19.8 Å². The molecule has 1 aromatic rings. The van der Waals surface area contributed by atoms with Crippen molar-refractivity contribution >= 4 is 5.91 Å². The Labute approximate surface area is 108 Å². The lowest BCUT2D eigenvalue weighted by Gasteiger charge is -2.21. The van der Waals surface area contributed by atoms with Crippen LogP contribution in [0.5, 0.6) is 0 Å². The van der Waals surface area contributed by atoms with Crippen LogP contribution in [0.15, 0.2) is 6.20 Å². The van der Waals surface area contributed by atoms with Gasteiger partial charge >= 0.3 is 0 Å². The Morgan fingerprint density at radius 1 is 1.44 bits per heavy atom. The van der Waals surface area contributed by atoms with Crippen LogP contribution in [0.1, 0.15) is 42.2 Å². The Bertz CT molecular complexity index is 388. The third-order valence-corrected chi connectivity index (χ3v) is 2.93. The van der Waals surface area contributed by atoms with Crippen LogP contribution in [0.3, 0.4) is 0 Å². The molecule has 18 heavy (non-hydrogen) atoms. The Balaban J connectivity index is 2.72. The normalized spacial score (nSPS) is 10.7.